The standard InChI is InChI=1S/C23H17NO5S/c1-28-20-12-16(13-22-23(25)18-4-2-3-5-21(18)30-22)8-11-19(20)29-14-15-6-9-17(10-7-15)24(26)27/h2-13H,14H2,1H3/b22-13-. The molecule has 7 heteroatoms. The number of nitro groups is 1. The van der Waals surface area contributed by atoms with E-state index in [-0.39, 0.29) is 18.1 Å². The molecule has 30 heavy (non-hydrogen) atoms. The highest BCUT2D eigenvalue weighted by Gasteiger charge is 2.25. The number of methoxy groups -OCH3 is 1. The van der Waals surface area contributed by atoms with Crippen LogP contribution in [0.15, 0.2) is 76.5 Å². The molecular formula is C23H17NO5S. The van der Waals surface area contributed by atoms with E-state index in [4.69, 9.17) is 9.47 Å². The summed E-state index contributed by atoms with van der Waals surface area (Å²) in [5.41, 5.74) is 2.40. The third kappa shape index (κ3) is 4.06. The zero-order valence-electron chi connectivity index (χ0n) is 16.0. The van der Waals surface area contributed by atoms with E-state index in [2.05, 4.69) is 0 Å². The van der Waals surface area contributed by atoms with Crippen LogP contribution in [0.5, 0.6) is 11.5 Å². The molecule has 0 atom stereocenters. The average molecular weight is 419 g/mol. The fourth-order valence-electron chi connectivity index (χ4n) is 3.06. The number of fused-ring (bicyclic) bond motifs is 1. The molecule has 0 aromatic heterocycles. The minimum atomic E-state index is -0.438. The lowest BCUT2D eigenvalue weighted by molar-refractivity contribution is -0.384. The Morgan fingerprint density at radius 3 is 2.50 bits per heavy atom. The molecular weight excluding hydrogens is 402 g/mol. The maximum atomic E-state index is 12.6. The first-order valence-electron chi connectivity index (χ1n) is 9.12. The number of Topliss-reactive ketones (excluding diaryl/α,β-unsaturated/α-hetero) is 1. The van der Waals surface area contributed by atoms with Crippen LogP contribution in [0.3, 0.4) is 0 Å². The summed E-state index contributed by atoms with van der Waals surface area (Å²) in [4.78, 5) is 24.5. The normalized spacial score (nSPS) is 13.9. The van der Waals surface area contributed by atoms with Crippen LogP contribution in [0.25, 0.3) is 6.08 Å². The lowest BCUT2D eigenvalue weighted by atomic mass is 10.1. The molecule has 0 N–H and O–H groups in total. The number of hydrogen-bond acceptors (Lipinski definition) is 6. The summed E-state index contributed by atoms with van der Waals surface area (Å²) in [6.45, 7) is 0.248. The molecule has 1 heterocycles. The summed E-state index contributed by atoms with van der Waals surface area (Å²) < 4.78 is 11.3. The van der Waals surface area contributed by atoms with Gasteiger partial charge in [0.05, 0.1) is 16.9 Å². The van der Waals surface area contributed by atoms with Gasteiger partial charge >= 0.3 is 0 Å². The molecule has 3 aromatic rings. The van der Waals surface area contributed by atoms with Gasteiger partial charge in [-0.2, -0.15) is 0 Å². The number of ether oxygens (including phenoxy) is 2. The van der Waals surface area contributed by atoms with Crippen molar-refractivity contribution >= 4 is 29.3 Å². The minimum absolute atomic E-state index is 0.0214. The monoisotopic (exact) mass is 419 g/mol. The third-order valence-electron chi connectivity index (χ3n) is 4.60. The molecule has 1 aliphatic rings. The number of benzene rings is 3. The summed E-state index contributed by atoms with van der Waals surface area (Å²) in [6.07, 6.45) is 1.84. The summed E-state index contributed by atoms with van der Waals surface area (Å²) >= 11 is 1.46. The van der Waals surface area contributed by atoms with Crippen molar-refractivity contribution in [1.29, 1.82) is 0 Å². The van der Waals surface area contributed by atoms with Gasteiger partial charge in [0.15, 0.2) is 11.5 Å². The van der Waals surface area contributed by atoms with Crippen molar-refractivity contribution in [3.05, 3.63) is 98.4 Å². The fraction of sp³-hybridized carbons (Fsp3) is 0.0870. The van der Waals surface area contributed by atoms with Gasteiger partial charge in [-0.25, -0.2) is 0 Å². The third-order valence-corrected chi connectivity index (χ3v) is 5.70. The smallest absolute Gasteiger partial charge is 0.269 e. The zero-order chi connectivity index (χ0) is 21.1. The number of nitro benzene ring substituents is 1. The van der Waals surface area contributed by atoms with E-state index in [1.54, 1.807) is 25.3 Å². The van der Waals surface area contributed by atoms with E-state index in [0.717, 1.165) is 21.6 Å². The van der Waals surface area contributed by atoms with Crippen molar-refractivity contribution < 1.29 is 19.2 Å². The molecule has 4 rings (SSSR count). The Balaban J connectivity index is 1.49. The Morgan fingerprint density at radius 1 is 1.03 bits per heavy atom. The molecule has 150 valence electrons. The number of nitrogens with zero attached hydrogens (tertiary/aromatic N) is 1. The van der Waals surface area contributed by atoms with Crippen LogP contribution >= 0.6 is 11.8 Å². The van der Waals surface area contributed by atoms with Crippen molar-refractivity contribution in [3.63, 3.8) is 0 Å². The van der Waals surface area contributed by atoms with Crippen LogP contribution in [0.2, 0.25) is 0 Å². The number of rotatable bonds is 6. The molecule has 0 aliphatic carbocycles. The topological polar surface area (TPSA) is 78.7 Å². The van der Waals surface area contributed by atoms with Crippen molar-refractivity contribution in [2.45, 2.75) is 11.5 Å². The Labute approximate surface area is 177 Å². The van der Waals surface area contributed by atoms with Gasteiger partial charge in [0, 0.05) is 22.6 Å². The van der Waals surface area contributed by atoms with Gasteiger partial charge in [0.25, 0.3) is 5.69 Å². The van der Waals surface area contributed by atoms with Crippen LogP contribution < -0.4 is 9.47 Å². The second kappa shape index (κ2) is 8.42. The summed E-state index contributed by atoms with van der Waals surface area (Å²) in [7, 11) is 1.55. The predicted molar refractivity (Wildman–Crippen MR) is 115 cm³/mol. The molecule has 0 unspecified atom stereocenters. The molecule has 0 bridgehead atoms. The highest BCUT2D eigenvalue weighted by molar-refractivity contribution is 8.04. The van der Waals surface area contributed by atoms with Gasteiger partial charge in [-0.15, -0.1) is 0 Å². The number of carbonyl (C=O) groups excluding carboxylic acids is 1. The van der Waals surface area contributed by atoms with Crippen molar-refractivity contribution in [2.24, 2.45) is 0 Å². The lowest BCUT2D eigenvalue weighted by Crippen LogP contribution is -1.98. The summed E-state index contributed by atoms with van der Waals surface area (Å²) in [5.74, 6) is 1.11. The van der Waals surface area contributed by atoms with Crippen LogP contribution in [0.1, 0.15) is 21.5 Å². The molecule has 3 aromatic carbocycles. The van der Waals surface area contributed by atoms with Crippen molar-refractivity contribution in [2.75, 3.05) is 7.11 Å². The summed E-state index contributed by atoms with van der Waals surface area (Å²) in [6, 6.07) is 19.2. The first-order chi connectivity index (χ1) is 14.5. The van der Waals surface area contributed by atoms with Gasteiger partial charge in [-0.3, -0.25) is 14.9 Å². The fourth-order valence-corrected chi connectivity index (χ4v) is 4.11. The second-order valence-corrected chi connectivity index (χ2v) is 7.64. The van der Waals surface area contributed by atoms with Crippen molar-refractivity contribution in [3.8, 4) is 11.5 Å². The average Bonchev–Trinajstić information content (AvgIpc) is 3.08. The number of thioether (sulfide) groups is 1. The van der Waals surface area contributed by atoms with E-state index in [9.17, 15) is 14.9 Å². The molecule has 0 radical (unpaired) electrons. The number of non-ortho nitro benzene ring substituents is 1. The quantitative estimate of drug-likeness (QED) is 0.298. The molecule has 0 spiro atoms. The van der Waals surface area contributed by atoms with Gasteiger partial charge in [-0.05, 0) is 53.6 Å². The molecule has 0 amide bonds. The van der Waals surface area contributed by atoms with E-state index in [1.165, 1.54) is 23.9 Å². The number of hydrogen-bond donors (Lipinski definition) is 0. The van der Waals surface area contributed by atoms with Gasteiger partial charge < -0.3 is 9.47 Å². The Hall–Kier alpha value is -3.58. The van der Waals surface area contributed by atoms with Crippen LogP contribution in [0, 0.1) is 10.1 Å². The number of allylic oxidation sites excluding steroid dienone is 1. The SMILES string of the molecule is COc1cc(/C=C2\Sc3ccccc3C2=O)ccc1OCc1ccc([N+](=O)[O-])cc1. The van der Waals surface area contributed by atoms with Gasteiger partial charge in [0.2, 0.25) is 5.78 Å². The first-order valence-corrected chi connectivity index (χ1v) is 9.94. The van der Waals surface area contributed by atoms with Crippen LogP contribution in [-0.4, -0.2) is 17.8 Å². The highest BCUT2D eigenvalue weighted by atomic mass is 32.2. The predicted octanol–water partition coefficient (Wildman–Crippen LogP) is 5.51. The minimum Gasteiger partial charge on any atom is -0.493 e. The van der Waals surface area contributed by atoms with E-state index in [1.807, 2.05) is 42.5 Å². The Morgan fingerprint density at radius 2 is 1.80 bits per heavy atom. The maximum absolute atomic E-state index is 12.6. The van der Waals surface area contributed by atoms with Crippen LogP contribution in [0.4, 0.5) is 5.69 Å². The van der Waals surface area contributed by atoms with Gasteiger partial charge in [0.1, 0.15) is 6.61 Å². The molecule has 0 saturated carbocycles. The molecule has 0 fully saturated rings. The van der Waals surface area contributed by atoms with Crippen molar-refractivity contribution in [1.82, 2.24) is 0 Å². The Bertz CT molecular complexity index is 1150. The molecule has 6 nitrogen and oxygen atoms in total. The van der Waals surface area contributed by atoms with Crippen LogP contribution in [-0.2, 0) is 6.61 Å². The van der Waals surface area contributed by atoms with E-state index in [0.29, 0.717) is 16.4 Å². The van der Waals surface area contributed by atoms with Gasteiger partial charge in [-0.1, -0.05) is 30.0 Å². The first kappa shape index (κ1) is 19.7. The lowest BCUT2D eigenvalue weighted by Gasteiger charge is -2.11. The van der Waals surface area contributed by atoms with E-state index >= 15 is 0 Å². The summed E-state index contributed by atoms with van der Waals surface area (Å²) in [5, 5.41) is 10.7. The second-order valence-electron chi connectivity index (χ2n) is 6.56. The number of ketones is 1. The van der Waals surface area contributed by atoms with E-state index < -0.39 is 4.92 Å². The maximum Gasteiger partial charge on any atom is 0.269 e. The Kier molecular flexibility index (Phi) is 5.54. The molecule has 0 saturated heterocycles. The number of carbonyl (C=O) groups is 1. The zero-order valence-corrected chi connectivity index (χ0v) is 16.8. The highest BCUT2D eigenvalue weighted by Crippen LogP contribution is 2.41. The molecule has 1 aliphatic heterocycles. The largest absolute Gasteiger partial charge is 0.493 e.